The molecule has 0 unspecified atom stereocenters. The predicted molar refractivity (Wildman–Crippen MR) is 99.8 cm³/mol. The summed E-state index contributed by atoms with van der Waals surface area (Å²) < 4.78 is 11.1. The van der Waals surface area contributed by atoms with Crippen LogP contribution in [0.3, 0.4) is 0 Å². The number of methoxy groups -OCH3 is 1. The van der Waals surface area contributed by atoms with Gasteiger partial charge in [-0.15, -0.1) is 0 Å². The maximum absolute atomic E-state index is 11.8. The number of carbonyl (C=O) groups is 2. The van der Waals surface area contributed by atoms with Crippen LogP contribution in [0.2, 0.25) is 0 Å². The molecule has 25 heavy (non-hydrogen) atoms. The van der Waals surface area contributed by atoms with Crippen LogP contribution in [0.15, 0.2) is 46.9 Å². The third-order valence-corrected chi connectivity index (χ3v) is 4.47. The third-order valence-electron chi connectivity index (χ3n) is 3.58. The Morgan fingerprint density at radius 2 is 1.84 bits per heavy atom. The number of rotatable bonds is 7. The minimum atomic E-state index is -0.405. The lowest BCUT2D eigenvalue weighted by Crippen LogP contribution is -2.21. The van der Waals surface area contributed by atoms with E-state index in [1.54, 1.807) is 13.2 Å². The van der Waals surface area contributed by atoms with Crippen LogP contribution in [0.4, 0.5) is 5.69 Å². The highest BCUT2D eigenvalue weighted by Gasteiger charge is 2.09. The van der Waals surface area contributed by atoms with Gasteiger partial charge in [0.1, 0.15) is 5.75 Å². The molecule has 0 aliphatic heterocycles. The maximum Gasteiger partial charge on any atom is 0.306 e. The molecule has 0 bridgehead atoms. The average molecular weight is 406 g/mol. The molecule has 0 atom stereocenters. The van der Waals surface area contributed by atoms with Gasteiger partial charge in [-0.3, -0.25) is 9.59 Å². The number of halogens is 1. The average Bonchev–Trinajstić information content (AvgIpc) is 2.61. The Morgan fingerprint density at radius 1 is 1.12 bits per heavy atom. The molecule has 1 amide bonds. The fourth-order valence-electron chi connectivity index (χ4n) is 2.18. The Morgan fingerprint density at radius 3 is 2.48 bits per heavy atom. The van der Waals surface area contributed by atoms with E-state index in [9.17, 15) is 9.59 Å². The van der Waals surface area contributed by atoms with Crippen LogP contribution >= 0.6 is 15.9 Å². The molecule has 6 heteroatoms. The lowest BCUT2D eigenvalue weighted by molar-refractivity contribution is -0.147. The molecule has 2 aromatic carbocycles. The number of esters is 1. The van der Waals surface area contributed by atoms with Gasteiger partial charge in [-0.2, -0.15) is 0 Å². The zero-order valence-corrected chi connectivity index (χ0v) is 15.8. The van der Waals surface area contributed by atoms with Gasteiger partial charge in [-0.05, 0) is 54.8 Å². The van der Waals surface area contributed by atoms with Crippen molar-refractivity contribution in [3.05, 3.63) is 58.1 Å². The number of hydrogen-bond acceptors (Lipinski definition) is 4. The van der Waals surface area contributed by atoms with Gasteiger partial charge >= 0.3 is 5.97 Å². The minimum absolute atomic E-state index is 0.219. The van der Waals surface area contributed by atoms with Gasteiger partial charge < -0.3 is 14.8 Å². The summed E-state index contributed by atoms with van der Waals surface area (Å²) in [5.41, 5.74) is 2.68. The van der Waals surface area contributed by atoms with Crippen molar-refractivity contribution in [2.24, 2.45) is 0 Å². The van der Waals surface area contributed by atoms with Crippen LogP contribution < -0.4 is 10.1 Å². The second-order valence-corrected chi connectivity index (χ2v) is 6.38. The zero-order chi connectivity index (χ0) is 18.2. The van der Waals surface area contributed by atoms with Gasteiger partial charge in [-0.1, -0.05) is 28.1 Å². The molecule has 1 N–H and O–H groups in total. The number of carbonyl (C=O) groups excluding carboxylic acids is 2. The molecule has 0 heterocycles. The van der Waals surface area contributed by atoms with Crippen LogP contribution in [0.25, 0.3) is 0 Å². The quantitative estimate of drug-likeness (QED) is 0.709. The number of benzene rings is 2. The number of amides is 1. The molecule has 0 aliphatic carbocycles. The lowest BCUT2D eigenvalue weighted by atomic mass is 10.1. The van der Waals surface area contributed by atoms with Crippen molar-refractivity contribution >= 4 is 33.5 Å². The van der Waals surface area contributed by atoms with E-state index in [0.717, 1.165) is 21.3 Å². The van der Waals surface area contributed by atoms with E-state index in [1.165, 1.54) is 0 Å². The Kier molecular flexibility index (Phi) is 7.01. The Hall–Kier alpha value is -2.34. The van der Waals surface area contributed by atoms with Crippen molar-refractivity contribution in [1.29, 1.82) is 0 Å². The van der Waals surface area contributed by atoms with Gasteiger partial charge in [0.2, 0.25) is 0 Å². The maximum atomic E-state index is 11.8. The molecule has 5 nitrogen and oxygen atoms in total. The predicted octanol–water partition coefficient (Wildman–Crippen LogP) is 3.88. The molecule has 2 rings (SSSR count). The molecule has 0 fully saturated rings. The highest BCUT2D eigenvalue weighted by Crippen LogP contribution is 2.20. The molecule has 0 radical (unpaired) electrons. The number of ether oxygens (including phenoxy) is 2. The van der Waals surface area contributed by atoms with Gasteiger partial charge in [0.15, 0.2) is 6.61 Å². The van der Waals surface area contributed by atoms with Gasteiger partial charge in [-0.25, -0.2) is 0 Å². The SMILES string of the molecule is COc1ccc(CCC(=O)OCC(=O)Nc2ccc(Br)c(C)c2)cc1. The summed E-state index contributed by atoms with van der Waals surface area (Å²) in [6.07, 6.45) is 0.771. The summed E-state index contributed by atoms with van der Waals surface area (Å²) in [5.74, 6) is 0.00338. The molecule has 2 aromatic rings. The molecule has 0 aromatic heterocycles. The van der Waals surface area contributed by atoms with Gasteiger partial charge in [0, 0.05) is 16.6 Å². The topological polar surface area (TPSA) is 64.6 Å². The van der Waals surface area contributed by atoms with E-state index >= 15 is 0 Å². The molecule has 132 valence electrons. The van der Waals surface area contributed by atoms with Crippen molar-refractivity contribution in [3.63, 3.8) is 0 Å². The molecular weight excluding hydrogens is 386 g/mol. The van der Waals surface area contributed by atoms with Gasteiger partial charge in [0.05, 0.1) is 7.11 Å². The van der Waals surface area contributed by atoms with E-state index in [1.807, 2.05) is 43.3 Å². The second-order valence-electron chi connectivity index (χ2n) is 5.52. The first-order valence-electron chi connectivity index (χ1n) is 7.82. The Balaban J connectivity index is 1.73. The molecule has 0 aliphatic rings. The molecule has 0 spiro atoms. The van der Waals surface area contributed by atoms with E-state index in [-0.39, 0.29) is 18.9 Å². The molecular formula is C19H20BrNO4. The van der Waals surface area contributed by atoms with E-state index in [2.05, 4.69) is 21.2 Å². The van der Waals surface area contributed by atoms with Crippen LogP contribution in [-0.2, 0) is 20.7 Å². The number of hydrogen-bond donors (Lipinski definition) is 1. The fraction of sp³-hybridized carbons (Fsp3) is 0.263. The van der Waals surface area contributed by atoms with E-state index in [4.69, 9.17) is 9.47 Å². The van der Waals surface area contributed by atoms with E-state index < -0.39 is 5.97 Å². The summed E-state index contributed by atoms with van der Waals surface area (Å²) in [4.78, 5) is 23.6. The fourth-order valence-corrected chi connectivity index (χ4v) is 2.42. The van der Waals surface area contributed by atoms with Crippen LogP contribution in [0.5, 0.6) is 5.75 Å². The zero-order valence-electron chi connectivity index (χ0n) is 14.2. The first-order valence-corrected chi connectivity index (χ1v) is 8.62. The number of anilines is 1. The van der Waals surface area contributed by atoms with Crippen LogP contribution in [-0.4, -0.2) is 25.6 Å². The van der Waals surface area contributed by atoms with Crippen LogP contribution in [0, 0.1) is 6.92 Å². The Labute approximate surface area is 155 Å². The first-order chi connectivity index (χ1) is 12.0. The monoisotopic (exact) mass is 405 g/mol. The Bertz CT molecular complexity index is 744. The minimum Gasteiger partial charge on any atom is -0.497 e. The van der Waals surface area contributed by atoms with Gasteiger partial charge in [0.25, 0.3) is 5.91 Å². The lowest BCUT2D eigenvalue weighted by Gasteiger charge is -2.08. The number of aryl methyl sites for hydroxylation is 2. The molecule has 0 saturated carbocycles. The first kappa shape index (κ1) is 19.0. The number of nitrogens with one attached hydrogen (secondary N) is 1. The van der Waals surface area contributed by atoms with Crippen molar-refractivity contribution < 1.29 is 19.1 Å². The van der Waals surface area contributed by atoms with Crippen LogP contribution in [0.1, 0.15) is 17.5 Å². The van der Waals surface area contributed by atoms with Crippen molar-refractivity contribution in [1.82, 2.24) is 0 Å². The molecule has 0 saturated heterocycles. The van der Waals surface area contributed by atoms with Crippen molar-refractivity contribution in [2.75, 3.05) is 19.0 Å². The smallest absolute Gasteiger partial charge is 0.306 e. The third kappa shape index (κ3) is 6.23. The van der Waals surface area contributed by atoms with E-state index in [0.29, 0.717) is 12.1 Å². The largest absolute Gasteiger partial charge is 0.497 e. The van der Waals surface area contributed by atoms with Crippen molar-refractivity contribution in [2.45, 2.75) is 19.8 Å². The summed E-state index contributed by atoms with van der Waals surface area (Å²) in [6, 6.07) is 13.0. The summed E-state index contributed by atoms with van der Waals surface area (Å²) in [7, 11) is 1.60. The summed E-state index contributed by atoms with van der Waals surface area (Å²) in [6.45, 7) is 1.63. The summed E-state index contributed by atoms with van der Waals surface area (Å²) in [5, 5.41) is 2.70. The second kappa shape index (κ2) is 9.22. The highest BCUT2D eigenvalue weighted by atomic mass is 79.9. The van der Waals surface area contributed by atoms with Crippen molar-refractivity contribution in [3.8, 4) is 5.75 Å². The normalized spacial score (nSPS) is 10.2. The standard InChI is InChI=1S/C19H20BrNO4/c1-13-11-15(6-9-17(13)20)21-18(22)12-25-19(23)10-5-14-3-7-16(24-2)8-4-14/h3-4,6-9,11H,5,10,12H2,1-2H3,(H,21,22). The highest BCUT2D eigenvalue weighted by molar-refractivity contribution is 9.10. The summed E-state index contributed by atoms with van der Waals surface area (Å²) >= 11 is 3.40.